The molecular weight excluding hydrogens is 352 g/mol. The maximum absolute atomic E-state index is 12.1. The second kappa shape index (κ2) is 7.48. The molecule has 0 radical (unpaired) electrons. The van der Waals surface area contributed by atoms with E-state index in [-0.39, 0.29) is 12.1 Å². The van der Waals surface area contributed by atoms with Crippen molar-refractivity contribution in [2.45, 2.75) is 19.4 Å². The minimum Gasteiger partial charge on any atom is -0.331 e. The SMILES string of the molecule is CC[C@@H](NC(=O)Nc1cccc(Br)c1)c1ccc(Cl)cc1. The van der Waals surface area contributed by atoms with E-state index in [0.29, 0.717) is 5.02 Å². The van der Waals surface area contributed by atoms with Gasteiger partial charge in [0.25, 0.3) is 0 Å². The van der Waals surface area contributed by atoms with Crippen molar-refractivity contribution in [3.05, 3.63) is 63.6 Å². The second-order valence-corrected chi connectivity index (χ2v) is 5.97. The van der Waals surface area contributed by atoms with Crippen LogP contribution in [0.3, 0.4) is 0 Å². The van der Waals surface area contributed by atoms with E-state index in [9.17, 15) is 4.79 Å². The van der Waals surface area contributed by atoms with Crippen LogP contribution >= 0.6 is 27.5 Å². The van der Waals surface area contributed by atoms with E-state index in [0.717, 1.165) is 22.1 Å². The van der Waals surface area contributed by atoms with E-state index >= 15 is 0 Å². The first-order valence-electron chi connectivity index (χ1n) is 6.67. The summed E-state index contributed by atoms with van der Waals surface area (Å²) in [7, 11) is 0. The molecule has 2 aromatic rings. The molecule has 0 aliphatic heterocycles. The Bertz CT molecular complexity index is 616. The largest absolute Gasteiger partial charge is 0.331 e. The number of amides is 2. The Labute approximate surface area is 137 Å². The van der Waals surface area contributed by atoms with Gasteiger partial charge in [-0.1, -0.05) is 52.7 Å². The van der Waals surface area contributed by atoms with Crippen LogP contribution in [-0.2, 0) is 0 Å². The molecule has 0 heterocycles. The third-order valence-corrected chi connectivity index (χ3v) is 3.81. The van der Waals surface area contributed by atoms with E-state index in [2.05, 4.69) is 26.6 Å². The average Bonchev–Trinajstić information content (AvgIpc) is 2.46. The lowest BCUT2D eigenvalue weighted by atomic mass is 10.1. The average molecular weight is 368 g/mol. The van der Waals surface area contributed by atoms with E-state index in [4.69, 9.17) is 11.6 Å². The zero-order valence-electron chi connectivity index (χ0n) is 11.6. The van der Waals surface area contributed by atoms with Gasteiger partial charge in [-0.05, 0) is 42.3 Å². The van der Waals surface area contributed by atoms with Crippen molar-refractivity contribution in [3.8, 4) is 0 Å². The lowest BCUT2D eigenvalue weighted by Gasteiger charge is -2.18. The standard InChI is InChI=1S/C16H16BrClN2O/c1-2-15(11-6-8-13(18)9-7-11)20-16(21)19-14-5-3-4-12(17)10-14/h3-10,15H,2H2,1H3,(H2,19,20,21)/t15-/m1/s1. The minimum atomic E-state index is -0.227. The fraction of sp³-hybridized carbons (Fsp3) is 0.188. The smallest absolute Gasteiger partial charge is 0.319 e. The Hall–Kier alpha value is -1.52. The van der Waals surface area contributed by atoms with Gasteiger partial charge in [0.05, 0.1) is 6.04 Å². The first-order valence-corrected chi connectivity index (χ1v) is 7.84. The second-order valence-electron chi connectivity index (χ2n) is 4.62. The van der Waals surface area contributed by atoms with Crippen LogP contribution in [0.2, 0.25) is 5.02 Å². The number of urea groups is 1. The van der Waals surface area contributed by atoms with Crippen LogP contribution in [0.5, 0.6) is 0 Å². The molecule has 1 atom stereocenters. The number of carbonyl (C=O) groups is 1. The molecule has 5 heteroatoms. The van der Waals surface area contributed by atoms with Crippen molar-refractivity contribution in [1.82, 2.24) is 5.32 Å². The molecular formula is C16H16BrClN2O. The van der Waals surface area contributed by atoms with Crippen LogP contribution in [-0.4, -0.2) is 6.03 Å². The molecule has 0 fully saturated rings. The highest BCUT2D eigenvalue weighted by atomic mass is 79.9. The van der Waals surface area contributed by atoms with E-state index in [1.54, 1.807) is 0 Å². The van der Waals surface area contributed by atoms with Crippen LogP contribution in [0.15, 0.2) is 53.0 Å². The molecule has 21 heavy (non-hydrogen) atoms. The Morgan fingerprint density at radius 3 is 2.57 bits per heavy atom. The fourth-order valence-electron chi connectivity index (χ4n) is 2.01. The molecule has 0 saturated heterocycles. The monoisotopic (exact) mass is 366 g/mol. The first kappa shape index (κ1) is 15.9. The summed E-state index contributed by atoms with van der Waals surface area (Å²) in [6, 6.07) is 14.7. The summed E-state index contributed by atoms with van der Waals surface area (Å²) in [5.41, 5.74) is 1.78. The van der Waals surface area contributed by atoms with Crippen molar-refractivity contribution in [3.63, 3.8) is 0 Å². The molecule has 110 valence electrons. The quantitative estimate of drug-likeness (QED) is 0.749. The van der Waals surface area contributed by atoms with Gasteiger partial charge >= 0.3 is 6.03 Å². The molecule has 2 aromatic carbocycles. The molecule has 2 rings (SSSR count). The molecule has 0 unspecified atom stereocenters. The number of carbonyl (C=O) groups excluding carboxylic acids is 1. The van der Waals surface area contributed by atoms with E-state index < -0.39 is 0 Å². The lowest BCUT2D eigenvalue weighted by molar-refractivity contribution is 0.248. The number of hydrogen-bond donors (Lipinski definition) is 2. The third kappa shape index (κ3) is 4.76. The molecule has 3 nitrogen and oxygen atoms in total. The summed E-state index contributed by atoms with van der Waals surface area (Å²) in [6.45, 7) is 2.03. The van der Waals surface area contributed by atoms with E-state index in [1.165, 1.54) is 0 Å². The van der Waals surface area contributed by atoms with Crippen LogP contribution < -0.4 is 10.6 Å². The Balaban J connectivity index is 2.01. The van der Waals surface area contributed by atoms with Crippen LogP contribution in [0.25, 0.3) is 0 Å². The molecule has 0 aliphatic rings. The van der Waals surface area contributed by atoms with Gasteiger partial charge in [-0.2, -0.15) is 0 Å². The first-order chi connectivity index (χ1) is 10.1. The van der Waals surface area contributed by atoms with Crippen molar-refractivity contribution in [2.75, 3.05) is 5.32 Å². The van der Waals surface area contributed by atoms with Crippen molar-refractivity contribution < 1.29 is 4.79 Å². The highest BCUT2D eigenvalue weighted by Gasteiger charge is 2.12. The Kier molecular flexibility index (Phi) is 5.65. The van der Waals surface area contributed by atoms with Crippen LogP contribution in [0.4, 0.5) is 10.5 Å². The molecule has 0 aliphatic carbocycles. The van der Waals surface area contributed by atoms with Crippen molar-refractivity contribution in [1.29, 1.82) is 0 Å². The summed E-state index contributed by atoms with van der Waals surface area (Å²) >= 11 is 9.26. The summed E-state index contributed by atoms with van der Waals surface area (Å²) in [6.07, 6.45) is 0.799. The van der Waals surface area contributed by atoms with Gasteiger partial charge in [0.15, 0.2) is 0 Å². The van der Waals surface area contributed by atoms with Crippen molar-refractivity contribution >= 4 is 39.2 Å². The van der Waals surface area contributed by atoms with Gasteiger partial charge in [-0.3, -0.25) is 0 Å². The predicted octanol–water partition coefficient (Wildman–Crippen LogP) is 5.38. The highest BCUT2D eigenvalue weighted by Crippen LogP contribution is 2.20. The number of anilines is 1. The summed E-state index contributed by atoms with van der Waals surface area (Å²) < 4.78 is 0.921. The van der Waals surface area contributed by atoms with Gasteiger partial charge in [-0.25, -0.2) is 4.79 Å². The number of rotatable bonds is 4. The zero-order chi connectivity index (χ0) is 15.2. The van der Waals surface area contributed by atoms with Crippen molar-refractivity contribution in [2.24, 2.45) is 0 Å². The summed E-state index contributed by atoms with van der Waals surface area (Å²) in [5.74, 6) is 0. The number of hydrogen-bond acceptors (Lipinski definition) is 1. The van der Waals surface area contributed by atoms with Crippen LogP contribution in [0, 0.1) is 0 Å². The number of nitrogens with one attached hydrogen (secondary N) is 2. The highest BCUT2D eigenvalue weighted by molar-refractivity contribution is 9.10. The normalized spacial score (nSPS) is 11.8. The number of benzene rings is 2. The topological polar surface area (TPSA) is 41.1 Å². The predicted molar refractivity (Wildman–Crippen MR) is 90.8 cm³/mol. The molecule has 0 bridgehead atoms. The van der Waals surface area contributed by atoms with Gasteiger partial charge in [-0.15, -0.1) is 0 Å². The Morgan fingerprint density at radius 1 is 1.24 bits per heavy atom. The summed E-state index contributed by atoms with van der Waals surface area (Å²) in [4.78, 5) is 12.1. The van der Waals surface area contributed by atoms with Gasteiger partial charge < -0.3 is 10.6 Å². The third-order valence-electron chi connectivity index (χ3n) is 3.07. The fourth-order valence-corrected chi connectivity index (χ4v) is 2.53. The molecule has 2 amide bonds. The zero-order valence-corrected chi connectivity index (χ0v) is 13.9. The van der Waals surface area contributed by atoms with E-state index in [1.807, 2.05) is 55.5 Å². The maximum Gasteiger partial charge on any atom is 0.319 e. The molecule has 0 saturated carbocycles. The van der Waals surface area contributed by atoms with Gasteiger partial charge in [0, 0.05) is 15.2 Å². The molecule has 2 N–H and O–H groups in total. The molecule has 0 spiro atoms. The summed E-state index contributed by atoms with van der Waals surface area (Å²) in [5, 5.41) is 6.47. The molecule has 0 aromatic heterocycles. The minimum absolute atomic E-state index is 0.0468. The number of halogens is 2. The van der Waals surface area contributed by atoms with Crippen LogP contribution in [0.1, 0.15) is 24.9 Å². The lowest BCUT2D eigenvalue weighted by Crippen LogP contribution is -2.32. The Morgan fingerprint density at radius 2 is 1.95 bits per heavy atom. The van der Waals surface area contributed by atoms with Gasteiger partial charge in [0.2, 0.25) is 0 Å². The maximum atomic E-state index is 12.1. The van der Waals surface area contributed by atoms with Gasteiger partial charge in [0.1, 0.15) is 0 Å².